The minimum atomic E-state index is -4.89. The van der Waals surface area contributed by atoms with E-state index in [2.05, 4.69) is 4.74 Å². The summed E-state index contributed by atoms with van der Waals surface area (Å²) in [4.78, 5) is 0. The largest absolute Gasteiger partial charge is 0.573 e. The number of benzene rings is 2. The van der Waals surface area contributed by atoms with E-state index < -0.39 is 29.6 Å². The number of phenols is 1. The van der Waals surface area contributed by atoms with E-state index in [1.165, 1.54) is 0 Å². The molecule has 0 aliphatic carbocycles. The van der Waals surface area contributed by atoms with Crippen LogP contribution in [-0.2, 0) is 6.18 Å². The first kappa shape index (κ1) is 16.0. The molecule has 0 saturated carbocycles. The number of alkyl halides is 6. The fraction of sp³-hybridized carbons (Fsp3) is 0.143. The van der Waals surface area contributed by atoms with Gasteiger partial charge in [-0.2, -0.15) is 13.2 Å². The molecule has 0 amide bonds. The van der Waals surface area contributed by atoms with E-state index in [9.17, 15) is 31.4 Å². The van der Waals surface area contributed by atoms with Crippen LogP contribution in [0, 0.1) is 0 Å². The minimum absolute atomic E-state index is 0.00208. The van der Waals surface area contributed by atoms with E-state index in [-0.39, 0.29) is 11.1 Å². The molecular formula is C14H8F6O2. The Morgan fingerprint density at radius 3 is 1.91 bits per heavy atom. The molecule has 0 heterocycles. The number of ether oxygens (including phenoxy) is 1. The molecule has 0 radical (unpaired) electrons. The lowest BCUT2D eigenvalue weighted by Crippen LogP contribution is -2.16. The van der Waals surface area contributed by atoms with E-state index in [1.54, 1.807) is 0 Å². The highest BCUT2D eigenvalue weighted by molar-refractivity contribution is 5.70. The fourth-order valence-electron chi connectivity index (χ4n) is 1.85. The lowest BCUT2D eigenvalue weighted by Gasteiger charge is -2.14. The highest BCUT2D eigenvalue weighted by Gasteiger charge is 2.34. The molecule has 0 bridgehead atoms. The monoisotopic (exact) mass is 322 g/mol. The molecule has 2 rings (SSSR count). The molecule has 0 saturated heterocycles. The zero-order valence-corrected chi connectivity index (χ0v) is 10.7. The maximum absolute atomic E-state index is 12.9. The van der Waals surface area contributed by atoms with Crippen LogP contribution >= 0.6 is 0 Å². The van der Waals surface area contributed by atoms with Crippen molar-refractivity contribution in [1.82, 2.24) is 0 Å². The van der Waals surface area contributed by atoms with Crippen LogP contribution in [0.3, 0.4) is 0 Å². The van der Waals surface area contributed by atoms with Crippen molar-refractivity contribution >= 4 is 0 Å². The third-order valence-electron chi connectivity index (χ3n) is 2.71. The number of halogens is 6. The molecule has 0 fully saturated rings. The first-order valence-electron chi connectivity index (χ1n) is 5.83. The van der Waals surface area contributed by atoms with E-state index in [1.807, 2.05) is 0 Å². The number of hydrogen-bond acceptors (Lipinski definition) is 2. The molecule has 2 aromatic rings. The van der Waals surface area contributed by atoms with Gasteiger partial charge in [0.15, 0.2) is 0 Å². The first-order valence-corrected chi connectivity index (χ1v) is 5.83. The van der Waals surface area contributed by atoms with Gasteiger partial charge in [-0.3, -0.25) is 0 Å². The van der Waals surface area contributed by atoms with E-state index >= 15 is 0 Å². The summed E-state index contributed by atoms with van der Waals surface area (Å²) in [6, 6.07) is 6.36. The molecule has 118 valence electrons. The van der Waals surface area contributed by atoms with Gasteiger partial charge in [-0.15, -0.1) is 13.2 Å². The maximum Gasteiger partial charge on any atom is 0.573 e. The number of hydrogen-bond donors (Lipinski definition) is 1. The maximum atomic E-state index is 12.9. The van der Waals surface area contributed by atoms with Gasteiger partial charge < -0.3 is 9.84 Å². The van der Waals surface area contributed by atoms with Crippen LogP contribution in [0.2, 0.25) is 0 Å². The molecule has 0 spiro atoms. The zero-order chi connectivity index (χ0) is 16.5. The van der Waals surface area contributed by atoms with E-state index in [0.717, 1.165) is 36.4 Å². The van der Waals surface area contributed by atoms with Crippen molar-refractivity contribution in [3.8, 4) is 22.6 Å². The summed E-state index contributed by atoms with van der Waals surface area (Å²) in [5.41, 5.74) is -1.35. The van der Waals surface area contributed by atoms with Gasteiger partial charge in [-0.25, -0.2) is 0 Å². The summed E-state index contributed by atoms with van der Waals surface area (Å²) in [5.74, 6) is -0.941. The Hall–Kier alpha value is -2.38. The van der Waals surface area contributed by atoms with Gasteiger partial charge in [0.25, 0.3) is 0 Å². The molecule has 0 atom stereocenters. The Balaban J connectivity index is 2.42. The highest BCUT2D eigenvalue weighted by atomic mass is 19.4. The second-order valence-electron chi connectivity index (χ2n) is 4.30. The standard InChI is InChI=1S/C14H8F6O2/c15-13(16,17)12-6-3-9(21)7-11(12)8-1-4-10(5-2-8)22-14(18,19)20/h1-7,21H. The van der Waals surface area contributed by atoms with Gasteiger partial charge in [0.1, 0.15) is 11.5 Å². The molecule has 0 aliphatic rings. The van der Waals surface area contributed by atoms with Gasteiger partial charge >= 0.3 is 12.5 Å². The van der Waals surface area contributed by atoms with Crippen molar-refractivity contribution in [3.05, 3.63) is 48.0 Å². The molecule has 8 heteroatoms. The van der Waals surface area contributed by atoms with Gasteiger partial charge in [0.2, 0.25) is 0 Å². The van der Waals surface area contributed by atoms with Gasteiger partial charge in [-0.1, -0.05) is 12.1 Å². The average molecular weight is 322 g/mol. The Morgan fingerprint density at radius 1 is 0.818 bits per heavy atom. The number of phenolic OH excluding ortho intramolecular Hbond substituents is 1. The van der Waals surface area contributed by atoms with Crippen molar-refractivity contribution < 1.29 is 36.2 Å². The first-order chi connectivity index (χ1) is 10.1. The second kappa shape index (κ2) is 5.43. The van der Waals surface area contributed by atoms with Crippen molar-refractivity contribution in [2.75, 3.05) is 0 Å². The summed E-state index contributed by atoms with van der Waals surface area (Å²) in [5, 5.41) is 9.33. The number of aromatic hydroxyl groups is 1. The molecular weight excluding hydrogens is 314 g/mol. The van der Waals surface area contributed by atoms with Gasteiger partial charge in [0, 0.05) is 0 Å². The van der Waals surface area contributed by atoms with Crippen molar-refractivity contribution in [2.24, 2.45) is 0 Å². The van der Waals surface area contributed by atoms with Crippen molar-refractivity contribution in [2.45, 2.75) is 12.5 Å². The Labute approximate surface area is 120 Å². The van der Waals surface area contributed by atoms with Crippen molar-refractivity contribution in [1.29, 1.82) is 0 Å². The molecule has 2 nitrogen and oxygen atoms in total. The zero-order valence-electron chi connectivity index (χ0n) is 10.7. The van der Waals surface area contributed by atoms with Crippen LogP contribution in [0.25, 0.3) is 11.1 Å². The van der Waals surface area contributed by atoms with Crippen LogP contribution in [-0.4, -0.2) is 11.5 Å². The Morgan fingerprint density at radius 2 is 1.41 bits per heavy atom. The summed E-state index contributed by atoms with van der Waals surface area (Å²) >= 11 is 0. The summed E-state index contributed by atoms with van der Waals surface area (Å²) in [6.07, 6.45) is -9.55. The quantitative estimate of drug-likeness (QED) is 0.791. The SMILES string of the molecule is Oc1ccc(C(F)(F)F)c(-c2ccc(OC(F)(F)F)cc2)c1. The summed E-state index contributed by atoms with van der Waals surface area (Å²) < 4.78 is 78.5. The van der Waals surface area contributed by atoms with Crippen LogP contribution in [0.15, 0.2) is 42.5 Å². The predicted octanol–water partition coefficient (Wildman–Crippen LogP) is 4.98. The Bertz CT molecular complexity index is 659. The predicted molar refractivity (Wildman–Crippen MR) is 65.2 cm³/mol. The minimum Gasteiger partial charge on any atom is -0.508 e. The van der Waals surface area contributed by atoms with E-state index in [4.69, 9.17) is 0 Å². The molecule has 0 aromatic heterocycles. The normalized spacial score (nSPS) is 12.3. The topological polar surface area (TPSA) is 29.5 Å². The molecule has 0 unspecified atom stereocenters. The van der Waals surface area contributed by atoms with Crippen LogP contribution in [0.1, 0.15) is 5.56 Å². The van der Waals surface area contributed by atoms with Crippen LogP contribution < -0.4 is 4.74 Å². The van der Waals surface area contributed by atoms with Crippen LogP contribution in [0.5, 0.6) is 11.5 Å². The van der Waals surface area contributed by atoms with Gasteiger partial charge in [-0.05, 0) is 41.5 Å². The fourth-order valence-corrected chi connectivity index (χ4v) is 1.85. The highest BCUT2D eigenvalue weighted by Crippen LogP contribution is 2.39. The molecule has 0 aliphatic heterocycles. The lowest BCUT2D eigenvalue weighted by molar-refractivity contribution is -0.274. The average Bonchev–Trinajstić information content (AvgIpc) is 2.36. The number of rotatable bonds is 2. The summed E-state index contributed by atoms with van der Waals surface area (Å²) in [6.45, 7) is 0. The lowest BCUT2D eigenvalue weighted by atomic mass is 9.99. The third-order valence-corrected chi connectivity index (χ3v) is 2.71. The summed E-state index contributed by atoms with van der Waals surface area (Å²) in [7, 11) is 0. The Kier molecular flexibility index (Phi) is 3.95. The van der Waals surface area contributed by atoms with E-state index in [0.29, 0.717) is 6.07 Å². The second-order valence-corrected chi connectivity index (χ2v) is 4.30. The van der Waals surface area contributed by atoms with Gasteiger partial charge in [0.05, 0.1) is 5.56 Å². The van der Waals surface area contributed by atoms with Crippen molar-refractivity contribution in [3.63, 3.8) is 0 Å². The third kappa shape index (κ3) is 3.84. The smallest absolute Gasteiger partial charge is 0.508 e. The molecule has 1 N–H and O–H groups in total. The molecule has 2 aromatic carbocycles. The van der Waals surface area contributed by atoms with Crippen LogP contribution in [0.4, 0.5) is 26.3 Å². The molecule has 22 heavy (non-hydrogen) atoms.